The summed E-state index contributed by atoms with van der Waals surface area (Å²) < 4.78 is 94.7. The molecular weight excluding hydrogens is 547 g/mol. The SMILES string of the molecule is O=C(CSc1nnc(-c2cccnc2)n1-c1ccc(SC(F)F)cc1)Nc1c(F)c(F)c(F)c(F)c1F. The number of hydrogen-bond donors (Lipinski definition) is 1. The number of rotatable bonds is 8. The van der Waals surface area contributed by atoms with E-state index < -0.39 is 52.2 Å². The van der Waals surface area contributed by atoms with Gasteiger partial charge >= 0.3 is 0 Å². The molecule has 0 aliphatic rings. The number of carbonyl (C=O) groups excluding carboxylic acids is 1. The van der Waals surface area contributed by atoms with Crippen molar-refractivity contribution in [3.63, 3.8) is 0 Å². The Bertz CT molecular complexity index is 1410. The molecule has 0 spiro atoms. The maximum absolute atomic E-state index is 13.9. The maximum Gasteiger partial charge on any atom is 0.288 e. The van der Waals surface area contributed by atoms with Crippen LogP contribution in [0.3, 0.4) is 0 Å². The highest BCUT2D eigenvalue weighted by molar-refractivity contribution is 8.00. The van der Waals surface area contributed by atoms with E-state index in [4.69, 9.17) is 0 Å². The number of halogens is 7. The van der Waals surface area contributed by atoms with Gasteiger partial charge in [0.1, 0.15) is 5.69 Å². The van der Waals surface area contributed by atoms with Crippen LogP contribution in [-0.2, 0) is 4.79 Å². The smallest absolute Gasteiger partial charge is 0.288 e. The first kappa shape index (κ1) is 26.5. The first-order chi connectivity index (χ1) is 17.7. The molecule has 0 radical (unpaired) electrons. The standard InChI is InChI=1S/C22H12F7N5OS2/c23-14-15(24)17(26)19(18(27)16(14)25)31-13(35)9-36-22-33-32-20(10-2-1-7-30-8-10)34(22)11-3-5-12(6-4-11)37-21(28)29/h1-8,21H,9H2,(H,31,35). The molecule has 0 fully saturated rings. The summed E-state index contributed by atoms with van der Waals surface area (Å²) in [6, 6.07) is 9.26. The van der Waals surface area contributed by atoms with Crippen molar-refractivity contribution in [2.24, 2.45) is 0 Å². The highest BCUT2D eigenvalue weighted by atomic mass is 32.2. The minimum absolute atomic E-state index is 0.112. The van der Waals surface area contributed by atoms with Crippen molar-refractivity contribution < 1.29 is 35.5 Å². The number of alkyl halides is 2. The summed E-state index contributed by atoms with van der Waals surface area (Å²) in [6.07, 6.45) is 3.02. The molecule has 192 valence electrons. The number of benzene rings is 2. The average Bonchev–Trinajstić information content (AvgIpc) is 3.32. The summed E-state index contributed by atoms with van der Waals surface area (Å²) in [5.74, 6) is -15.1. The highest BCUT2D eigenvalue weighted by Gasteiger charge is 2.27. The van der Waals surface area contributed by atoms with Crippen molar-refractivity contribution in [2.45, 2.75) is 15.8 Å². The fourth-order valence-corrected chi connectivity index (χ4v) is 4.33. The molecule has 0 unspecified atom stereocenters. The average molecular weight is 559 g/mol. The molecule has 2 aromatic heterocycles. The van der Waals surface area contributed by atoms with Gasteiger partial charge in [0.05, 0.1) is 5.75 Å². The van der Waals surface area contributed by atoms with Gasteiger partial charge in [0.25, 0.3) is 5.76 Å². The Hall–Kier alpha value is -3.59. The molecule has 4 aromatic rings. The Morgan fingerprint density at radius 3 is 2.16 bits per heavy atom. The number of carbonyl (C=O) groups is 1. The van der Waals surface area contributed by atoms with Crippen LogP contribution in [0.15, 0.2) is 58.8 Å². The second kappa shape index (κ2) is 11.2. The van der Waals surface area contributed by atoms with Gasteiger partial charge in [-0.3, -0.25) is 14.3 Å². The van der Waals surface area contributed by atoms with Crippen molar-refractivity contribution in [1.82, 2.24) is 19.7 Å². The zero-order valence-corrected chi connectivity index (χ0v) is 19.7. The number of pyridine rings is 1. The number of anilines is 1. The van der Waals surface area contributed by atoms with Gasteiger partial charge in [-0.15, -0.1) is 10.2 Å². The third kappa shape index (κ3) is 5.72. The second-order valence-corrected chi connectivity index (χ2v) is 9.04. The maximum atomic E-state index is 13.9. The Morgan fingerprint density at radius 2 is 1.57 bits per heavy atom. The predicted molar refractivity (Wildman–Crippen MR) is 122 cm³/mol. The minimum Gasteiger partial charge on any atom is -0.320 e. The van der Waals surface area contributed by atoms with Gasteiger partial charge in [-0.05, 0) is 36.4 Å². The van der Waals surface area contributed by atoms with E-state index in [1.54, 1.807) is 17.4 Å². The topological polar surface area (TPSA) is 72.7 Å². The molecule has 37 heavy (non-hydrogen) atoms. The lowest BCUT2D eigenvalue weighted by atomic mass is 10.2. The third-order valence-electron chi connectivity index (χ3n) is 4.68. The van der Waals surface area contributed by atoms with Crippen molar-refractivity contribution in [3.8, 4) is 17.1 Å². The van der Waals surface area contributed by atoms with Crippen molar-refractivity contribution >= 4 is 35.1 Å². The van der Waals surface area contributed by atoms with Crippen molar-refractivity contribution in [3.05, 3.63) is 77.9 Å². The quantitative estimate of drug-likeness (QED) is 0.122. The first-order valence-electron chi connectivity index (χ1n) is 10.0. The molecule has 0 saturated heterocycles. The summed E-state index contributed by atoms with van der Waals surface area (Å²) in [5.41, 5.74) is -0.518. The van der Waals surface area contributed by atoms with Crippen LogP contribution in [-0.4, -0.2) is 37.2 Å². The monoisotopic (exact) mass is 559 g/mol. The molecule has 2 heterocycles. The Kier molecular flexibility index (Phi) is 8.02. The molecule has 1 N–H and O–H groups in total. The molecule has 0 aliphatic carbocycles. The minimum atomic E-state index is -2.62. The number of aromatic nitrogens is 4. The lowest BCUT2D eigenvalue weighted by Crippen LogP contribution is -2.18. The Labute approximate surface area is 212 Å². The summed E-state index contributed by atoms with van der Waals surface area (Å²) in [5, 5.41) is 9.90. The fraction of sp³-hybridized carbons (Fsp3) is 0.0909. The van der Waals surface area contributed by atoms with Crippen LogP contribution in [0.25, 0.3) is 17.1 Å². The molecule has 4 rings (SSSR count). The van der Waals surface area contributed by atoms with Crippen LogP contribution in [0.5, 0.6) is 0 Å². The van der Waals surface area contributed by atoms with Gasteiger partial charge < -0.3 is 5.32 Å². The van der Waals surface area contributed by atoms with Gasteiger partial charge in [-0.1, -0.05) is 23.5 Å². The zero-order valence-electron chi connectivity index (χ0n) is 18.1. The fourth-order valence-electron chi connectivity index (χ4n) is 3.08. The summed E-state index contributed by atoms with van der Waals surface area (Å²) in [4.78, 5) is 16.6. The number of nitrogens with zero attached hydrogens (tertiary/aromatic N) is 4. The molecule has 1 amide bonds. The van der Waals surface area contributed by atoms with Crippen LogP contribution >= 0.6 is 23.5 Å². The first-order valence-corrected chi connectivity index (χ1v) is 11.9. The molecule has 0 saturated carbocycles. The second-order valence-electron chi connectivity index (χ2n) is 7.04. The van der Waals surface area contributed by atoms with E-state index in [0.29, 0.717) is 27.9 Å². The van der Waals surface area contributed by atoms with Crippen molar-refractivity contribution in [1.29, 1.82) is 0 Å². The van der Waals surface area contributed by atoms with Gasteiger partial charge in [0, 0.05) is 28.5 Å². The summed E-state index contributed by atoms with van der Waals surface area (Å²) in [6.45, 7) is 0. The van der Waals surface area contributed by atoms with Crippen LogP contribution in [0.2, 0.25) is 0 Å². The predicted octanol–water partition coefficient (Wildman–Crippen LogP) is 6.07. The molecule has 2 aromatic carbocycles. The Morgan fingerprint density at radius 1 is 0.919 bits per heavy atom. The summed E-state index contributed by atoms with van der Waals surface area (Å²) >= 11 is 1.10. The van der Waals surface area contributed by atoms with E-state index in [-0.39, 0.29) is 11.0 Å². The van der Waals surface area contributed by atoms with Crippen LogP contribution in [0.4, 0.5) is 36.4 Å². The third-order valence-corrected chi connectivity index (χ3v) is 6.33. The van der Waals surface area contributed by atoms with E-state index in [0.717, 1.165) is 11.8 Å². The normalized spacial score (nSPS) is 11.2. The van der Waals surface area contributed by atoms with Crippen LogP contribution in [0, 0.1) is 29.1 Å². The number of hydrogen-bond acceptors (Lipinski definition) is 6. The summed E-state index contributed by atoms with van der Waals surface area (Å²) in [7, 11) is 0. The molecule has 0 aliphatic heterocycles. The van der Waals surface area contributed by atoms with Gasteiger partial charge in [-0.25, -0.2) is 22.0 Å². The molecule has 15 heteroatoms. The van der Waals surface area contributed by atoms with Gasteiger partial charge in [-0.2, -0.15) is 8.78 Å². The lowest BCUT2D eigenvalue weighted by Gasteiger charge is -2.12. The number of thioether (sulfide) groups is 2. The number of nitrogens with one attached hydrogen (secondary N) is 1. The van der Waals surface area contributed by atoms with Gasteiger partial charge in [0.2, 0.25) is 11.7 Å². The largest absolute Gasteiger partial charge is 0.320 e. The molecule has 0 atom stereocenters. The van der Waals surface area contributed by atoms with Crippen LogP contribution < -0.4 is 5.32 Å². The molecular formula is C22H12F7N5OS2. The van der Waals surface area contributed by atoms with E-state index >= 15 is 0 Å². The lowest BCUT2D eigenvalue weighted by molar-refractivity contribution is -0.113. The Balaban J connectivity index is 1.61. The van der Waals surface area contributed by atoms with Gasteiger partial charge in [0.15, 0.2) is 34.2 Å². The van der Waals surface area contributed by atoms with Crippen molar-refractivity contribution in [2.75, 3.05) is 11.1 Å². The van der Waals surface area contributed by atoms with E-state index in [1.807, 2.05) is 0 Å². The zero-order chi connectivity index (χ0) is 26.7. The van der Waals surface area contributed by atoms with E-state index in [9.17, 15) is 35.5 Å². The number of amides is 1. The van der Waals surface area contributed by atoms with E-state index in [2.05, 4.69) is 15.2 Å². The van der Waals surface area contributed by atoms with Crippen LogP contribution in [0.1, 0.15) is 0 Å². The van der Waals surface area contributed by atoms with E-state index in [1.165, 1.54) is 41.2 Å². The molecule has 0 bridgehead atoms. The molecule has 6 nitrogen and oxygen atoms in total. The highest BCUT2D eigenvalue weighted by Crippen LogP contribution is 2.31.